The molecule has 4 rings (SSSR count). The maximum atomic E-state index is 13.7. The van der Waals surface area contributed by atoms with E-state index >= 15 is 0 Å². The van der Waals surface area contributed by atoms with Gasteiger partial charge in [0.2, 0.25) is 0 Å². The number of esters is 1. The van der Waals surface area contributed by atoms with Gasteiger partial charge in [-0.1, -0.05) is 26.8 Å². The van der Waals surface area contributed by atoms with Gasteiger partial charge in [0, 0.05) is 18.3 Å². The molecule has 8 atom stereocenters. The van der Waals surface area contributed by atoms with Crippen LogP contribution >= 0.6 is 22.6 Å². The minimum Gasteiger partial charge on any atom is -0.469 e. The first-order valence-electron chi connectivity index (χ1n) is 11.7. The van der Waals surface area contributed by atoms with E-state index in [1.807, 2.05) is 0 Å². The number of carbonyl (C=O) groups is 2. The van der Waals surface area contributed by atoms with E-state index in [9.17, 15) is 9.59 Å². The first kappa shape index (κ1) is 21.8. The Balaban J connectivity index is 1.58. The van der Waals surface area contributed by atoms with E-state index in [1.165, 1.54) is 42.8 Å². The van der Waals surface area contributed by atoms with E-state index in [1.54, 1.807) is 0 Å². The molecule has 3 saturated carbocycles. The Morgan fingerprint density at radius 3 is 2.69 bits per heavy atom. The van der Waals surface area contributed by atoms with E-state index in [0.717, 1.165) is 25.2 Å². The molecule has 0 aromatic rings. The van der Waals surface area contributed by atoms with Crippen molar-refractivity contribution >= 4 is 34.3 Å². The molecule has 0 heterocycles. The zero-order valence-corrected chi connectivity index (χ0v) is 20.7. The number of ketones is 1. The van der Waals surface area contributed by atoms with Crippen LogP contribution in [0.3, 0.4) is 0 Å². The SMILES string of the molecule is COC(=O)CC[C@@H](C)[C@H]1CCC2[C@@H]3CC[C@@H]4CCC(I)=C[C@]4(C)C3CC(=O)[C@@]21C. The summed E-state index contributed by atoms with van der Waals surface area (Å²) in [6.07, 6.45) is 12.1. The molecule has 4 heteroatoms. The standard InChI is InChI=1S/C25H37IO3/c1-15(5-12-23(28)29-4)19-10-11-20-18-9-7-16-6-8-17(26)14-24(16,2)21(18)13-22(27)25(19,20)3/h14-16,18-21H,5-13H2,1-4H3/t15-,16+,18+,19-,20?,21?,24+,25-/m1/s1. The molecule has 29 heavy (non-hydrogen) atoms. The fourth-order valence-corrected chi connectivity index (χ4v) is 9.16. The predicted octanol–water partition coefficient (Wildman–Crippen LogP) is 6.34. The largest absolute Gasteiger partial charge is 0.469 e. The lowest BCUT2D eigenvalue weighted by Gasteiger charge is -2.58. The molecular weight excluding hydrogens is 475 g/mol. The predicted molar refractivity (Wildman–Crippen MR) is 124 cm³/mol. The van der Waals surface area contributed by atoms with Gasteiger partial charge in [-0.2, -0.15) is 0 Å². The molecule has 0 radical (unpaired) electrons. The Hall–Kier alpha value is -0.390. The summed E-state index contributed by atoms with van der Waals surface area (Å²) < 4.78 is 6.35. The van der Waals surface area contributed by atoms with Crippen LogP contribution in [0.2, 0.25) is 0 Å². The number of carbonyl (C=O) groups excluding carboxylic acids is 2. The van der Waals surface area contributed by atoms with Gasteiger partial charge in [-0.3, -0.25) is 9.59 Å². The van der Waals surface area contributed by atoms with Crippen LogP contribution in [0, 0.1) is 46.3 Å². The van der Waals surface area contributed by atoms with Gasteiger partial charge in [0.15, 0.2) is 0 Å². The zero-order valence-electron chi connectivity index (χ0n) is 18.5. The number of ether oxygens (including phenoxy) is 1. The molecule has 0 bridgehead atoms. The van der Waals surface area contributed by atoms with Gasteiger partial charge in [0.05, 0.1) is 7.11 Å². The second-order valence-electron chi connectivity index (χ2n) is 10.8. The van der Waals surface area contributed by atoms with Crippen LogP contribution in [0.5, 0.6) is 0 Å². The van der Waals surface area contributed by atoms with Crippen molar-refractivity contribution in [3.05, 3.63) is 9.66 Å². The monoisotopic (exact) mass is 512 g/mol. The summed E-state index contributed by atoms with van der Waals surface area (Å²) in [5.41, 5.74) is 0.0225. The van der Waals surface area contributed by atoms with E-state index < -0.39 is 0 Å². The topological polar surface area (TPSA) is 43.4 Å². The summed E-state index contributed by atoms with van der Waals surface area (Å²) >= 11 is 2.53. The van der Waals surface area contributed by atoms with Gasteiger partial charge in [-0.05, 0) is 112 Å². The second kappa shape index (κ2) is 7.94. The van der Waals surface area contributed by atoms with E-state index in [2.05, 4.69) is 49.4 Å². The zero-order chi connectivity index (χ0) is 21.0. The van der Waals surface area contributed by atoms with Gasteiger partial charge in [0.1, 0.15) is 5.78 Å². The van der Waals surface area contributed by atoms with Crippen molar-refractivity contribution in [2.45, 2.75) is 78.6 Å². The van der Waals surface area contributed by atoms with Crippen LogP contribution in [0.25, 0.3) is 0 Å². The van der Waals surface area contributed by atoms with Crippen LogP contribution in [0.1, 0.15) is 78.6 Å². The van der Waals surface area contributed by atoms with Gasteiger partial charge in [-0.25, -0.2) is 0 Å². The molecule has 0 saturated heterocycles. The quantitative estimate of drug-likeness (QED) is 0.326. The normalized spacial score (nSPS) is 44.9. The van der Waals surface area contributed by atoms with Crippen molar-refractivity contribution in [1.82, 2.24) is 0 Å². The summed E-state index contributed by atoms with van der Waals surface area (Å²) in [6.45, 7) is 7.01. The lowest BCUT2D eigenvalue weighted by Crippen LogP contribution is -2.56. The van der Waals surface area contributed by atoms with Crippen molar-refractivity contribution < 1.29 is 14.3 Å². The average molecular weight is 512 g/mol. The van der Waals surface area contributed by atoms with Crippen molar-refractivity contribution in [3.63, 3.8) is 0 Å². The Bertz CT molecular complexity index is 715. The number of methoxy groups -OCH3 is 1. The molecule has 0 aliphatic heterocycles. The first-order valence-corrected chi connectivity index (χ1v) is 12.8. The molecule has 4 aliphatic rings. The van der Waals surface area contributed by atoms with Gasteiger partial charge in [-0.15, -0.1) is 0 Å². The maximum Gasteiger partial charge on any atom is 0.305 e. The summed E-state index contributed by atoms with van der Waals surface area (Å²) in [5, 5.41) is 0. The molecule has 162 valence electrons. The Morgan fingerprint density at radius 2 is 1.97 bits per heavy atom. The molecule has 0 N–H and O–H groups in total. The van der Waals surface area contributed by atoms with E-state index in [4.69, 9.17) is 4.74 Å². The van der Waals surface area contributed by atoms with Crippen molar-refractivity contribution in [1.29, 1.82) is 0 Å². The molecule has 2 unspecified atom stereocenters. The summed E-state index contributed by atoms with van der Waals surface area (Å²) in [7, 11) is 1.46. The minimum absolute atomic E-state index is 0.128. The van der Waals surface area contributed by atoms with Crippen LogP contribution in [0.4, 0.5) is 0 Å². The third-order valence-corrected chi connectivity index (χ3v) is 10.7. The molecule has 0 amide bonds. The van der Waals surface area contributed by atoms with Crippen molar-refractivity contribution in [2.24, 2.45) is 46.3 Å². The molecule has 3 nitrogen and oxygen atoms in total. The van der Waals surface area contributed by atoms with Crippen LogP contribution in [0.15, 0.2) is 9.66 Å². The van der Waals surface area contributed by atoms with Crippen molar-refractivity contribution in [3.8, 4) is 0 Å². The number of Topliss-reactive ketones (excluding diaryl/α,β-unsaturated/α-hetero) is 1. The summed E-state index contributed by atoms with van der Waals surface area (Å²) in [4.78, 5) is 25.4. The molecule has 4 aliphatic carbocycles. The highest BCUT2D eigenvalue weighted by Gasteiger charge is 2.63. The molecule has 0 aromatic carbocycles. The van der Waals surface area contributed by atoms with Crippen LogP contribution in [-0.4, -0.2) is 18.9 Å². The fourth-order valence-electron chi connectivity index (χ4n) is 8.17. The minimum atomic E-state index is -0.189. The summed E-state index contributed by atoms with van der Waals surface area (Å²) in [5.74, 6) is 3.71. The van der Waals surface area contributed by atoms with Crippen LogP contribution in [-0.2, 0) is 14.3 Å². The third-order valence-electron chi connectivity index (χ3n) is 9.81. The van der Waals surface area contributed by atoms with E-state index in [-0.39, 0.29) is 16.8 Å². The number of allylic oxidation sites excluding steroid dienone is 2. The average Bonchev–Trinajstić information content (AvgIpc) is 3.05. The number of fused-ring (bicyclic) bond motifs is 5. The van der Waals surface area contributed by atoms with E-state index in [0.29, 0.717) is 41.8 Å². The highest BCUT2D eigenvalue weighted by atomic mass is 127. The third kappa shape index (κ3) is 3.43. The lowest BCUT2D eigenvalue weighted by molar-refractivity contribution is -0.152. The summed E-state index contributed by atoms with van der Waals surface area (Å²) in [6, 6.07) is 0. The smallest absolute Gasteiger partial charge is 0.305 e. The number of rotatable bonds is 4. The highest BCUT2D eigenvalue weighted by Crippen LogP contribution is 2.67. The van der Waals surface area contributed by atoms with Crippen LogP contribution < -0.4 is 0 Å². The molecule has 0 aromatic heterocycles. The Labute approximate surface area is 189 Å². The lowest BCUT2D eigenvalue weighted by atomic mass is 9.45. The maximum absolute atomic E-state index is 13.7. The van der Waals surface area contributed by atoms with Gasteiger partial charge < -0.3 is 4.74 Å². The van der Waals surface area contributed by atoms with Crippen molar-refractivity contribution in [2.75, 3.05) is 7.11 Å². The first-order chi connectivity index (χ1) is 13.7. The van der Waals surface area contributed by atoms with Gasteiger partial charge in [0.25, 0.3) is 0 Å². The number of halogens is 1. The molecule has 3 fully saturated rings. The van der Waals surface area contributed by atoms with Gasteiger partial charge >= 0.3 is 5.97 Å². The number of hydrogen-bond donors (Lipinski definition) is 0. The second-order valence-corrected chi connectivity index (χ2v) is 12.2. The Kier molecular flexibility index (Phi) is 5.98. The fraction of sp³-hybridized carbons (Fsp3) is 0.840. The number of hydrogen-bond acceptors (Lipinski definition) is 3. The molecular formula is C25H37IO3. The molecule has 0 spiro atoms. The highest BCUT2D eigenvalue weighted by molar-refractivity contribution is 14.1. The Morgan fingerprint density at radius 1 is 1.21 bits per heavy atom.